The van der Waals surface area contributed by atoms with E-state index in [0.717, 1.165) is 16.7 Å². The summed E-state index contributed by atoms with van der Waals surface area (Å²) in [5, 5.41) is 0. The average molecular weight is 383 g/mol. The van der Waals surface area contributed by atoms with Gasteiger partial charge in [-0.25, -0.2) is 0 Å². The topological polar surface area (TPSA) is 17.1 Å². The molecule has 2 heteroatoms. The average Bonchev–Trinajstić information content (AvgIpc) is 2.58. The molecule has 2 aromatic rings. The van der Waals surface area contributed by atoms with Crippen molar-refractivity contribution < 1.29 is 37.5 Å². The molecule has 2 aromatic carbocycles. The van der Waals surface area contributed by atoms with Gasteiger partial charge in [-0.1, -0.05) is 39.8 Å². The molecule has 1 radical (unpaired) electrons. The minimum absolute atomic E-state index is 0. The van der Waals surface area contributed by atoms with E-state index in [9.17, 15) is 4.79 Å². The van der Waals surface area contributed by atoms with Gasteiger partial charge in [-0.15, -0.1) is 35.4 Å². The smallest absolute Gasteiger partial charge is 0.114 e. The van der Waals surface area contributed by atoms with Gasteiger partial charge in [-0.2, -0.15) is 36.6 Å². The van der Waals surface area contributed by atoms with Crippen LogP contribution in [0.4, 0.5) is 0 Å². The fourth-order valence-electron chi connectivity index (χ4n) is 2.53. The molecule has 1 unspecified atom stereocenters. The Morgan fingerprint density at radius 1 is 0.957 bits per heavy atom. The molecule has 121 valence electrons. The van der Waals surface area contributed by atoms with Crippen LogP contribution in [0.3, 0.4) is 0 Å². The Bertz CT molecular complexity index is 604. The van der Waals surface area contributed by atoms with Gasteiger partial charge in [-0.3, -0.25) is 0 Å². The number of rotatable bonds is 1. The van der Waals surface area contributed by atoms with E-state index in [0.29, 0.717) is 6.42 Å². The summed E-state index contributed by atoms with van der Waals surface area (Å²) in [6, 6.07) is 16.0. The zero-order valence-electron chi connectivity index (χ0n) is 14.7. The van der Waals surface area contributed by atoms with Gasteiger partial charge in [0.15, 0.2) is 0 Å². The molecule has 0 aromatic heterocycles. The summed E-state index contributed by atoms with van der Waals surface area (Å²) >= 11 is 0. The van der Waals surface area contributed by atoms with E-state index in [1.54, 1.807) is 0 Å². The maximum absolute atomic E-state index is 12.3. The van der Waals surface area contributed by atoms with Gasteiger partial charge in [-0.05, 0) is 12.3 Å². The van der Waals surface area contributed by atoms with Crippen LogP contribution >= 0.6 is 0 Å². The minimum atomic E-state index is -0.145. The van der Waals surface area contributed by atoms with Crippen LogP contribution in [0.15, 0.2) is 48.5 Å². The van der Waals surface area contributed by atoms with Crippen LogP contribution in [-0.4, -0.2) is 5.78 Å². The van der Waals surface area contributed by atoms with Gasteiger partial charge < -0.3 is 4.79 Å². The number of Topliss-reactive ketones (excluding diaryl/α,β-unsaturated/α-hetero) is 1. The molecule has 0 amide bonds. The first kappa shape index (κ1) is 22.0. The van der Waals surface area contributed by atoms with Crippen molar-refractivity contribution >= 4 is 5.78 Å². The fourth-order valence-corrected chi connectivity index (χ4v) is 2.53. The molecule has 0 bridgehead atoms. The summed E-state index contributed by atoms with van der Waals surface area (Å²) in [6.07, 6.45) is 2.58. The molecule has 1 aliphatic rings. The summed E-state index contributed by atoms with van der Waals surface area (Å²) in [5.74, 6) is 0.110. The van der Waals surface area contributed by atoms with Crippen LogP contribution in [0, 0.1) is 13.3 Å². The Morgan fingerprint density at radius 3 is 2.17 bits per heavy atom. The van der Waals surface area contributed by atoms with Crippen LogP contribution in [0.25, 0.3) is 0 Å². The zero-order valence-corrected chi connectivity index (χ0v) is 17.5. The van der Waals surface area contributed by atoms with Crippen LogP contribution < -0.4 is 0 Å². The molecular formula is C21H26OY-2. The number of hydrogen-bond donors (Lipinski definition) is 0. The molecule has 0 aliphatic heterocycles. The van der Waals surface area contributed by atoms with Crippen molar-refractivity contribution in [3.05, 3.63) is 84.1 Å². The van der Waals surface area contributed by atoms with Gasteiger partial charge in [0.05, 0.1) is 0 Å². The van der Waals surface area contributed by atoms with Crippen molar-refractivity contribution in [1.29, 1.82) is 0 Å². The SMILES string of the molecule is CC.CC.[CH2-]c1ccccc1C1[CH-]c2ccccc2CC1=O.[Y]. The largest absolute Gasteiger partial charge is 0.302 e. The van der Waals surface area contributed by atoms with Crippen molar-refractivity contribution in [2.45, 2.75) is 40.0 Å². The van der Waals surface area contributed by atoms with Gasteiger partial charge in [0.25, 0.3) is 0 Å². The molecule has 0 spiro atoms. The normalized spacial score (nSPS) is 14.6. The molecule has 0 heterocycles. The summed E-state index contributed by atoms with van der Waals surface area (Å²) in [6.45, 7) is 12.0. The van der Waals surface area contributed by atoms with E-state index >= 15 is 0 Å². The zero-order chi connectivity index (χ0) is 16.5. The quantitative estimate of drug-likeness (QED) is 0.605. The first-order chi connectivity index (χ1) is 10.8. The Balaban J connectivity index is 0.000000901. The summed E-state index contributed by atoms with van der Waals surface area (Å²) < 4.78 is 0. The van der Waals surface area contributed by atoms with Crippen LogP contribution in [0.1, 0.15) is 55.9 Å². The van der Waals surface area contributed by atoms with Gasteiger partial charge >= 0.3 is 0 Å². The van der Waals surface area contributed by atoms with Crippen molar-refractivity contribution in [2.75, 3.05) is 0 Å². The molecule has 1 atom stereocenters. The summed E-state index contributed by atoms with van der Waals surface area (Å²) in [5.41, 5.74) is 4.26. The van der Waals surface area contributed by atoms with Crippen molar-refractivity contribution in [3.8, 4) is 0 Å². The standard InChI is InChI=1S/C17H14O.2C2H6.Y/c1-12-6-2-5-9-15(12)16-10-13-7-3-4-8-14(13)11-17(16)18;2*1-2;/h2-10,16H,1,11H2;2*1-2H3;/q-2;;;. The molecular weight excluding hydrogens is 357 g/mol. The van der Waals surface area contributed by atoms with E-state index in [4.69, 9.17) is 0 Å². The number of carbonyl (C=O) groups excluding carboxylic acids is 1. The summed E-state index contributed by atoms with van der Waals surface area (Å²) in [4.78, 5) is 12.3. The number of carbonyl (C=O) groups is 1. The van der Waals surface area contributed by atoms with Gasteiger partial charge in [0, 0.05) is 32.7 Å². The monoisotopic (exact) mass is 383 g/mol. The van der Waals surface area contributed by atoms with Crippen LogP contribution in [-0.2, 0) is 43.9 Å². The van der Waals surface area contributed by atoms with Crippen molar-refractivity contribution in [2.24, 2.45) is 0 Å². The molecule has 3 rings (SSSR count). The van der Waals surface area contributed by atoms with Gasteiger partial charge in [0.1, 0.15) is 5.78 Å². The minimum Gasteiger partial charge on any atom is -0.302 e. The molecule has 0 saturated carbocycles. The van der Waals surface area contributed by atoms with E-state index < -0.39 is 0 Å². The number of fused-ring (bicyclic) bond motifs is 1. The third-order valence-electron chi connectivity index (χ3n) is 3.50. The van der Waals surface area contributed by atoms with Crippen LogP contribution in [0.5, 0.6) is 0 Å². The molecule has 23 heavy (non-hydrogen) atoms. The van der Waals surface area contributed by atoms with E-state index in [-0.39, 0.29) is 44.4 Å². The molecule has 0 N–H and O–H groups in total. The van der Waals surface area contributed by atoms with E-state index in [1.165, 1.54) is 5.56 Å². The Labute approximate surface area is 166 Å². The predicted octanol–water partition coefficient (Wildman–Crippen LogP) is 5.38. The number of ketones is 1. The Hall–Kier alpha value is -1.05. The summed E-state index contributed by atoms with van der Waals surface area (Å²) in [7, 11) is 0. The second-order valence-corrected chi connectivity index (χ2v) is 4.69. The third kappa shape index (κ3) is 5.51. The van der Waals surface area contributed by atoms with Gasteiger partial charge in [0.2, 0.25) is 0 Å². The maximum Gasteiger partial charge on any atom is 0.114 e. The Morgan fingerprint density at radius 2 is 1.52 bits per heavy atom. The molecule has 0 fully saturated rings. The van der Waals surface area contributed by atoms with Crippen LogP contribution in [0.2, 0.25) is 0 Å². The molecule has 1 nitrogen and oxygen atoms in total. The van der Waals surface area contributed by atoms with Crippen molar-refractivity contribution in [1.82, 2.24) is 0 Å². The maximum atomic E-state index is 12.3. The fraction of sp³-hybridized carbons (Fsp3) is 0.286. The molecule has 0 saturated heterocycles. The number of benzene rings is 2. The first-order valence-corrected chi connectivity index (χ1v) is 8.12. The number of hydrogen-bond acceptors (Lipinski definition) is 1. The molecule has 1 aliphatic carbocycles. The van der Waals surface area contributed by atoms with E-state index in [1.807, 2.05) is 70.2 Å². The predicted molar refractivity (Wildman–Crippen MR) is 94.9 cm³/mol. The third-order valence-corrected chi connectivity index (χ3v) is 3.50. The first-order valence-electron chi connectivity index (χ1n) is 8.12. The second kappa shape index (κ2) is 11.5. The Kier molecular flexibility index (Phi) is 11.0. The van der Waals surface area contributed by atoms with E-state index in [2.05, 4.69) is 19.4 Å². The second-order valence-electron chi connectivity index (χ2n) is 4.69. The van der Waals surface area contributed by atoms with Crippen molar-refractivity contribution in [3.63, 3.8) is 0 Å².